The van der Waals surface area contributed by atoms with Gasteiger partial charge in [0, 0.05) is 39.5 Å². The van der Waals surface area contributed by atoms with Crippen molar-refractivity contribution in [2.45, 2.75) is 20.0 Å². The third-order valence-corrected chi connectivity index (χ3v) is 2.25. The van der Waals surface area contributed by atoms with E-state index in [2.05, 4.69) is 11.1 Å². The second-order valence-corrected chi connectivity index (χ2v) is 4.19. The molecule has 111 valence electrons. The number of nitrogens with zero attached hydrogens (tertiary/aromatic N) is 2. The zero-order valence-electron chi connectivity index (χ0n) is 11.7. The molecule has 2 rings (SSSR count). The molecule has 20 heavy (non-hydrogen) atoms. The van der Waals surface area contributed by atoms with Crippen molar-refractivity contribution in [2.24, 2.45) is 7.05 Å². The van der Waals surface area contributed by atoms with E-state index >= 15 is 0 Å². The number of imidazole rings is 1. The fraction of sp³-hybridized carbons (Fsp3) is 0.267. The van der Waals surface area contributed by atoms with Crippen LogP contribution in [0.1, 0.15) is 13.8 Å². The van der Waals surface area contributed by atoms with Crippen LogP contribution in [0.4, 0.5) is 0 Å². The molecule has 0 aliphatic heterocycles. The summed E-state index contributed by atoms with van der Waals surface area (Å²) in [7, 11) is 1.98. The van der Waals surface area contributed by atoms with Crippen LogP contribution in [0.15, 0.2) is 48.5 Å². The average Bonchev–Trinajstić information content (AvgIpc) is 2.75. The van der Waals surface area contributed by atoms with Gasteiger partial charge in [-0.1, -0.05) is 0 Å². The number of hydrogen-bond acceptors (Lipinski definition) is 3. The number of aryl methyl sites for hydroxylation is 1. The standard InChI is InChI=1S/C10H9N2.C5H10O2.Ir/c1-12-8-7-11-10(12)9-5-3-2-4-6-9;1-4(6)3-5(2)7;/h2-5,7-8H,1H3;3-4,6-7H,1-2H3;/q-1;;. The summed E-state index contributed by atoms with van der Waals surface area (Å²) in [6, 6.07) is 11.0. The smallest absolute Gasteiger partial charge is 0.0877 e. The van der Waals surface area contributed by atoms with Gasteiger partial charge in [0.2, 0.25) is 0 Å². The Labute approximate surface area is 133 Å². The van der Waals surface area contributed by atoms with Crippen molar-refractivity contribution in [1.29, 1.82) is 0 Å². The van der Waals surface area contributed by atoms with Crippen LogP contribution in [-0.4, -0.2) is 25.9 Å². The van der Waals surface area contributed by atoms with E-state index in [1.807, 2.05) is 42.1 Å². The first-order valence-electron chi connectivity index (χ1n) is 6.00. The molecule has 0 saturated carbocycles. The van der Waals surface area contributed by atoms with E-state index < -0.39 is 6.10 Å². The molecule has 0 bridgehead atoms. The SMILES string of the molecule is CC(O)=CC(C)O.Cn1ccnc1-c1[c-]cccc1.[Ir]. The Morgan fingerprint density at radius 1 is 1.45 bits per heavy atom. The fourth-order valence-corrected chi connectivity index (χ4v) is 1.51. The molecule has 5 heteroatoms. The molecule has 1 atom stereocenters. The number of aliphatic hydroxyl groups excluding tert-OH is 2. The number of aliphatic hydroxyl groups is 2. The summed E-state index contributed by atoms with van der Waals surface area (Å²) in [6.45, 7) is 3.10. The summed E-state index contributed by atoms with van der Waals surface area (Å²) in [5.74, 6) is 1.12. The second kappa shape index (κ2) is 9.48. The molecule has 1 aromatic carbocycles. The minimum Gasteiger partial charge on any atom is -0.513 e. The molecule has 1 unspecified atom stereocenters. The summed E-state index contributed by atoms with van der Waals surface area (Å²) in [5, 5.41) is 16.9. The van der Waals surface area contributed by atoms with Crippen molar-refractivity contribution in [2.75, 3.05) is 0 Å². The number of aromatic nitrogens is 2. The predicted molar refractivity (Wildman–Crippen MR) is 75.5 cm³/mol. The van der Waals surface area contributed by atoms with Crippen molar-refractivity contribution < 1.29 is 30.3 Å². The molecule has 2 N–H and O–H groups in total. The quantitative estimate of drug-likeness (QED) is 0.545. The van der Waals surface area contributed by atoms with E-state index in [0.29, 0.717) is 0 Å². The zero-order chi connectivity index (χ0) is 14.3. The Bertz CT molecular complexity index is 518. The van der Waals surface area contributed by atoms with Crippen LogP contribution in [0.5, 0.6) is 0 Å². The summed E-state index contributed by atoms with van der Waals surface area (Å²) < 4.78 is 1.98. The first-order chi connectivity index (χ1) is 9.00. The van der Waals surface area contributed by atoms with Crippen LogP contribution in [-0.2, 0) is 27.2 Å². The Kier molecular flexibility index (Phi) is 8.80. The van der Waals surface area contributed by atoms with E-state index in [-0.39, 0.29) is 25.9 Å². The topological polar surface area (TPSA) is 58.3 Å². The summed E-state index contributed by atoms with van der Waals surface area (Å²) >= 11 is 0. The van der Waals surface area contributed by atoms with E-state index in [9.17, 15) is 0 Å². The molecule has 0 fully saturated rings. The van der Waals surface area contributed by atoms with Crippen molar-refractivity contribution in [3.8, 4) is 11.4 Å². The van der Waals surface area contributed by atoms with Gasteiger partial charge in [-0.3, -0.25) is 4.98 Å². The summed E-state index contributed by atoms with van der Waals surface area (Å²) in [6.07, 6.45) is 4.54. The van der Waals surface area contributed by atoms with Gasteiger partial charge in [0.05, 0.1) is 17.7 Å². The normalized spacial score (nSPS) is 11.9. The van der Waals surface area contributed by atoms with Crippen molar-refractivity contribution in [3.05, 3.63) is 54.6 Å². The van der Waals surface area contributed by atoms with E-state index in [1.54, 1.807) is 13.1 Å². The van der Waals surface area contributed by atoms with Gasteiger partial charge in [-0.25, -0.2) is 0 Å². The first kappa shape index (κ1) is 18.6. The van der Waals surface area contributed by atoms with Gasteiger partial charge >= 0.3 is 0 Å². The van der Waals surface area contributed by atoms with Crippen LogP contribution in [0.3, 0.4) is 0 Å². The molecular formula is C15H19IrN2O2-. The second-order valence-electron chi connectivity index (χ2n) is 4.19. The van der Waals surface area contributed by atoms with Gasteiger partial charge in [0.1, 0.15) is 0 Å². The molecule has 2 aromatic rings. The average molecular weight is 452 g/mol. The van der Waals surface area contributed by atoms with Gasteiger partial charge in [0.25, 0.3) is 0 Å². The number of hydrogen-bond donors (Lipinski definition) is 2. The third-order valence-electron chi connectivity index (χ3n) is 2.25. The number of rotatable bonds is 2. The third kappa shape index (κ3) is 6.66. The Morgan fingerprint density at radius 2 is 2.15 bits per heavy atom. The first-order valence-corrected chi connectivity index (χ1v) is 6.00. The van der Waals surface area contributed by atoms with E-state index in [0.717, 1.165) is 11.4 Å². The molecule has 0 saturated heterocycles. The van der Waals surface area contributed by atoms with Crippen LogP contribution in [0.2, 0.25) is 0 Å². The molecule has 0 aliphatic carbocycles. The number of benzene rings is 1. The zero-order valence-corrected chi connectivity index (χ0v) is 14.1. The Balaban J connectivity index is 0.000000396. The molecule has 0 spiro atoms. The molecular weight excluding hydrogens is 432 g/mol. The van der Waals surface area contributed by atoms with Crippen LogP contribution >= 0.6 is 0 Å². The monoisotopic (exact) mass is 452 g/mol. The molecule has 1 radical (unpaired) electrons. The van der Waals surface area contributed by atoms with Crippen molar-refractivity contribution >= 4 is 0 Å². The minimum atomic E-state index is -0.537. The number of allylic oxidation sites excluding steroid dienone is 1. The molecule has 1 heterocycles. The van der Waals surface area contributed by atoms with Gasteiger partial charge in [-0.15, -0.1) is 35.9 Å². The van der Waals surface area contributed by atoms with Gasteiger partial charge in [-0.05, 0) is 19.9 Å². The minimum absolute atomic E-state index is 0. The van der Waals surface area contributed by atoms with Crippen molar-refractivity contribution in [1.82, 2.24) is 9.55 Å². The molecule has 0 amide bonds. The fourth-order valence-electron chi connectivity index (χ4n) is 1.51. The van der Waals surface area contributed by atoms with E-state index in [4.69, 9.17) is 10.2 Å². The van der Waals surface area contributed by atoms with Gasteiger partial charge in [-0.2, -0.15) is 0 Å². The Morgan fingerprint density at radius 3 is 2.50 bits per heavy atom. The molecule has 1 aromatic heterocycles. The Hall–Kier alpha value is -1.42. The predicted octanol–water partition coefficient (Wildman–Crippen LogP) is 2.71. The summed E-state index contributed by atoms with van der Waals surface area (Å²) in [5.41, 5.74) is 1.03. The van der Waals surface area contributed by atoms with Gasteiger partial charge < -0.3 is 14.8 Å². The largest absolute Gasteiger partial charge is 0.513 e. The van der Waals surface area contributed by atoms with Crippen LogP contribution in [0, 0.1) is 6.07 Å². The molecule has 0 aliphatic rings. The van der Waals surface area contributed by atoms with Crippen molar-refractivity contribution in [3.63, 3.8) is 0 Å². The molecule has 4 nitrogen and oxygen atoms in total. The summed E-state index contributed by atoms with van der Waals surface area (Å²) in [4.78, 5) is 4.22. The van der Waals surface area contributed by atoms with Gasteiger partial charge in [0.15, 0.2) is 0 Å². The van der Waals surface area contributed by atoms with E-state index in [1.165, 1.54) is 13.0 Å². The maximum absolute atomic E-state index is 8.49. The van der Waals surface area contributed by atoms with Crippen LogP contribution in [0.25, 0.3) is 11.4 Å². The van der Waals surface area contributed by atoms with Crippen LogP contribution < -0.4 is 0 Å². The maximum Gasteiger partial charge on any atom is 0.0877 e. The maximum atomic E-state index is 8.49.